The SMILES string of the molecule is CC/C=C\C/C=C\C/C=C\C/C=C\C/C=C\CCCCCCCCCC(=O)OC1C(OCC(NC(=O)C(O)CCCCCCCCCCCCCCCC/C=C/CCCCCCCC)C(O)/C=C/CCCCCCCCCCCCC)OC(CO)C(O)C1O. The Bertz CT molecular complexity index is 1780. The maximum atomic E-state index is 13.5. The summed E-state index contributed by atoms with van der Waals surface area (Å²) in [5.74, 6) is -1.20. The van der Waals surface area contributed by atoms with Gasteiger partial charge in [0.15, 0.2) is 12.4 Å². The number of rotatable bonds is 64. The van der Waals surface area contributed by atoms with Gasteiger partial charge in [-0.2, -0.15) is 0 Å². The third kappa shape index (κ3) is 52.0. The number of unbranched alkanes of at least 4 members (excludes halogenated alkanes) is 38. The van der Waals surface area contributed by atoms with E-state index in [9.17, 15) is 35.1 Å². The van der Waals surface area contributed by atoms with Gasteiger partial charge in [0.25, 0.3) is 0 Å². The van der Waals surface area contributed by atoms with Gasteiger partial charge < -0.3 is 45.1 Å². The zero-order chi connectivity index (χ0) is 64.6. The van der Waals surface area contributed by atoms with Gasteiger partial charge in [-0.1, -0.05) is 318 Å². The molecule has 1 fully saturated rings. The second kappa shape index (κ2) is 64.9. The zero-order valence-electron chi connectivity index (χ0n) is 57.5. The number of aliphatic hydroxyl groups excluding tert-OH is 5. The molecule has 1 aliphatic rings. The molecule has 89 heavy (non-hydrogen) atoms. The summed E-state index contributed by atoms with van der Waals surface area (Å²) >= 11 is 0. The number of hydrogen-bond acceptors (Lipinski definition) is 10. The van der Waals surface area contributed by atoms with Crippen molar-refractivity contribution >= 4 is 11.9 Å². The number of hydrogen-bond donors (Lipinski definition) is 6. The van der Waals surface area contributed by atoms with Crippen molar-refractivity contribution in [3.05, 3.63) is 85.1 Å². The van der Waals surface area contributed by atoms with Crippen LogP contribution in [-0.4, -0.2) is 99.6 Å². The van der Waals surface area contributed by atoms with Crippen LogP contribution >= 0.6 is 0 Å². The van der Waals surface area contributed by atoms with Crippen molar-refractivity contribution in [2.45, 2.75) is 384 Å². The molecule has 0 aromatic heterocycles. The van der Waals surface area contributed by atoms with Crippen LogP contribution in [0.4, 0.5) is 0 Å². The minimum absolute atomic E-state index is 0.108. The first-order valence-corrected chi connectivity index (χ1v) is 37.4. The van der Waals surface area contributed by atoms with Gasteiger partial charge in [-0.3, -0.25) is 9.59 Å². The molecule has 0 aromatic rings. The van der Waals surface area contributed by atoms with Gasteiger partial charge in [0.05, 0.1) is 25.4 Å². The maximum absolute atomic E-state index is 13.5. The van der Waals surface area contributed by atoms with E-state index in [0.29, 0.717) is 19.3 Å². The quantitative estimate of drug-likeness (QED) is 0.0195. The molecule has 0 aliphatic carbocycles. The molecule has 1 aliphatic heterocycles. The Morgan fingerprint density at radius 1 is 0.449 bits per heavy atom. The van der Waals surface area contributed by atoms with E-state index in [1.807, 2.05) is 6.08 Å². The molecule has 8 atom stereocenters. The van der Waals surface area contributed by atoms with Crippen LogP contribution in [0.3, 0.4) is 0 Å². The van der Waals surface area contributed by atoms with E-state index in [1.165, 1.54) is 173 Å². The Kier molecular flexibility index (Phi) is 61.2. The molecule has 0 bridgehead atoms. The van der Waals surface area contributed by atoms with Gasteiger partial charge in [-0.05, 0) is 96.3 Å². The Hall–Kier alpha value is -3.16. The van der Waals surface area contributed by atoms with E-state index < -0.39 is 67.4 Å². The van der Waals surface area contributed by atoms with E-state index in [-0.39, 0.29) is 13.0 Å². The molecule has 0 aromatic carbocycles. The number of esters is 1. The van der Waals surface area contributed by atoms with Gasteiger partial charge in [-0.15, -0.1) is 0 Å². The third-order valence-electron chi connectivity index (χ3n) is 17.3. The van der Waals surface area contributed by atoms with Crippen LogP contribution < -0.4 is 5.32 Å². The second-order valence-electron chi connectivity index (χ2n) is 25.6. The number of carbonyl (C=O) groups is 2. The summed E-state index contributed by atoms with van der Waals surface area (Å²) in [5, 5.41) is 57.4. The van der Waals surface area contributed by atoms with Crippen LogP contribution in [0.1, 0.15) is 335 Å². The molecular formula is C78H139NO10. The van der Waals surface area contributed by atoms with Crippen molar-refractivity contribution in [2.24, 2.45) is 0 Å². The van der Waals surface area contributed by atoms with E-state index in [4.69, 9.17) is 14.2 Å². The molecule has 516 valence electrons. The van der Waals surface area contributed by atoms with E-state index in [2.05, 4.69) is 99.0 Å². The lowest BCUT2D eigenvalue weighted by Gasteiger charge is -2.41. The largest absolute Gasteiger partial charge is 0.454 e. The average molecular weight is 1250 g/mol. The van der Waals surface area contributed by atoms with Crippen LogP contribution in [-0.2, 0) is 23.8 Å². The van der Waals surface area contributed by atoms with Crippen LogP contribution in [0.25, 0.3) is 0 Å². The third-order valence-corrected chi connectivity index (χ3v) is 17.3. The molecule has 1 rings (SSSR count). The molecule has 0 radical (unpaired) electrons. The highest BCUT2D eigenvalue weighted by Gasteiger charge is 2.47. The summed E-state index contributed by atoms with van der Waals surface area (Å²) in [6, 6.07) is -1.03. The number of nitrogens with one attached hydrogen (secondary N) is 1. The monoisotopic (exact) mass is 1250 g/mol. The van der Waals surface area contributed by atoms with Crippen molar-refractivity contribution < 1.29 is 49.3 Å². The Morgan fingerprint density at radius 3 is 1.22 bits per heavy atom. The van der Waals surface area contributed by atoms with Gasteiger partial charge in [0.1, 0.15) is 24.4 Å². The van der Waals surface area contributed by atoms with Gasteiger partial charge in [0.2, 0.25) is 5.91 Å². The van der Waals surface area contributed by atoms with E-state index >= 15 is 0 Å². The molecule has 0 spiro atoms. The average Bonchev–Trinajstić information content (AvgIpc) is 3.20. The van der Waals surface area contributed by atoms with E-state index in [1.54, 1.807) is 6.08 Å². The summed E-state index contributed by atoms with van der Waals surface area (Å²) < 4.78 is 17.7. The fourth-order valence-corrected chi connectivity index (χ4v) is 11.4. The van der Waals surface area contributed by atoms with Gasteiger partial charge in [0, 0.05) is 6.42 Å². The lowest BCUT2D eigenvalue weighted by Crippen LogP contribution is -2.61. The Balaban J connectivity index is 2.57. The fourth-order valence-electron chi connectivity index (χ4n) is 11.4. The number of aliphatic hydroxyl groups is 5. The van der Waals surface area contributed by atoms with Crippen LogP contribution in [0.15, 0.2) is 85.1 Å². The molecule has 1 heterocycles. The second-order valence-corrected chi connectivity index (χ2v) is 25.6. The number of ether oxygens (including phenoxy) is 3. The molecule has 6 N–H and O–H groups in total. The van der Waals surface area contributed by atoms with Crippen molar-refractivity contribution in [1.82, 2.24) is 5.32 Å². The maximum Gasteiger partial charge on any atom is 0.306 e. The molecule has 1 saturated heterocycles. The number of carbonyl (C=O) groups excluding carboxylic acids is 2. The smallest absolute Gasteiger partial charge is 0.306 e. The Labute approximate surface area is 546 Å². The zero-order valence-corrected chi connectivity index (χ0v) is 57.5. The first-order valence-electron chi connectivity index (χ1n) is 37.4. The van der Waals surface area contributed by atoms with Gasteiger partial charge >= 0.3 is 5.97 Å². The highest BCUT2D eigenvalue weighted by Crippen LogP contribution is 2.26. The predicted molar refractivity (Wildman–Crippen MR) is 375 cm³/mol. The lowest BCUT2D eigenvalue weighted by atomic mass is 9.99. The Morgan fingerprint density at radius 2 is 0.809 bits per heavy atom. The van der Waals surface area contributed by atoms with Crippen molar-refractivity contribution in [3.63, 3.8) is 0 Å². The summed E-state index contributed by atoms with van der Waals surface area (Å²) in [4.78, 5) is 26.7. The molecule has 8 unspecified atom stereocenters. The van der Waals surface area contributed by atoms with Crippen LogP contribution in [0.2, 0.25) is 0 Å². The standard InChI is InChI=1S/C78H139NO10/c1-4-7-10-13-16-19-22-25-27-29-31-33-35-37-38-40-42-44-47-50-53-56-59-62-65-71(82)77(86)79-69(70(81)64-61-58-55-52-49-46-24-21-18-15-12-9-6-3)68-87-78-76(75(85)74(84)72(67-80)88-78)89-73(83)66-63-60-57-54-51-48-45-43-41-39-36-34-32-30-28-26-23-20-17-14-11-8-5-2/h8,11,17,20,25-28,32,34,39,41,61,64,69-72,74-76,78,80-82,84-85H,4-7,9-10,12-16,18-19,21-24,29-31,33,35-38,40,42-60,62-63,65-68H2,1-3H3,(H,79,86)/b11-8-,20-17-,27-25+,28-26-,34-32-,41-39-,64-61+. The molecular weight excluding hydrogens is 1110 g/mol. The number of amides is 1. The highest BCUT2D eigenvalue weighted by atomic mass is 16.7. The van der Waals surface area contributed by atoms with Crippen LogP contribution in [0, 0.1) is 0 Å². The first kappa shape index (κ1) is 83.9. The molecule has 11 heteroatoms. The summed E-state index contributed by atoms with van der Waals surface area (Å²) in [6.45, 7) is 5.71. The number of allylic oxidation sites excluding steroid dienone is 13. The molecule has 0 saturated carbocycles. The fraction of sp³-hybridized carbons (Fsp3) is 0.795. The summed E-state index contributed by atoms with van der Waals surface area (Å²) in [7, 11) is 0. The van der Waals surface area contributed by atoms with Gasteiger partial charge in [-0.25, -0.2) is 0 Å². The molecule has 11 nitrogen and oxygen atoms in total. The topological polar surface area (TPSA) is 175 Å². The summed E-state index contributed by atoms with van der Waals surface area (Å²) in [6.07, 6.45) is 76.2. The predicted octanol–water partition coefficient (Wildman–Crippen LogP) is 19.6. The molecule has 1 amide bonds. The first-order chi connectivity index (χ1) is 43.7. The van der Waals surface area contributed by atoms with E-state index in [0.717, 1.165) is 116 Å². The summed E-state index contributed by atoms with van der Waals surface area (Å²) in [5.41, 5.74) is 0. The van der Waals surface area contributed by atoms with Crippen LogP contribution in [0.5, 0.6) is 0 Å². The lowest BCUT2D eigenvalue weighted by molar-refractivity contribution is -0.305. The minimum Gasteiger partial charge on any atom is -0.454 e. The van der Waals surface area contributed by atoms with Crippen molar-refractivity contribution in [1.29, 1.82) is 0 Å². The van der Waals surface area contributed by atoms with Crippen molar-refractivity contribution in [2.75, 3.05) is 13.2 Å². The van der Waals surface area contributed by atoms with Crippen molar-refractivity contribution in [3.8, 4) is 0 Å². The normalized spacial score (nSPS) is 18.6. The minimum atomic E-state index is -1.62. The highest BCUT2D eigenvalue weighted by molar-refractivity contribution is 5.80.